The first-order valence-corrected chi connectivity index (χ1v) is 11.7. The predicted molar refractivity (Wildman–Crippen MR) is 119 cm³/mol. The smallest absolute Gasteiger partial charge is 0.246 e. The van der Waals surface area contributed by atoms with Gasteiger partial charge in [0.2, 0.25) is 5.91 Å². The molecule has 0 saturated heterocycles. The van der Waals surface area contributed by atoms with E-state index in [1.165, 1.54) is 18.2 Å². The quantitative estimate of drug-likeness (QED) is 0.651. The zero-order valence-corrected chi connectivity index (χ0v) is 19.0. The third-order valence-corrected chi connectivity index (χ3v) is 6.95. The standard InChI is InChI=1S/C22H32N4O3S/c1-4-29-11-10-19(30-22(28)17-8-6-5-7-9-17)15(2)26-14-18-12-23-16(3)25-21(18)24-13-20(26)27/h12,17H,4-11,13-14H2,1-3H3,(H,23,24,25)/b19-15-. The molecule has 8 heteroatoms. The lowest BCUT2D eigenvalue weighted by Gasteiger charge is -2.25. The third kappa shape index (κ3) is 5.82. The number of rotatable bonds is 7. The third-order valence-electron chi connectivity index (χ3n) is 5.67. The van der Waals surface area contributed by atoms with Crippen LogP contribution in [0.3, 0.4) is 0 Å². The van der Waals surface area contributed by atoms with Crippen molar-refractivity contribution in [2.75, 3.05) is 25.1 Å². The van der Waals surface area contributed by atoms with Crippen LogP contribution in [-0.4, -0.2) is 45.6 Å². The lowest BCUT2D eigenvalue weighted by molar-refractivity contribution is -0.127. The molecule has 1 aromatic rings. The Morgan fingerprint density at radius 3 is 2.83 bits per heavy atom. The average molecular weight is 433 g/mol. The molecule has 30 heavy (non-hydrogen) atoms. The zero-order chi connectivity index (χ0) is 21.5. The van der Waals surface area contributed by atoms with Gasteiger partial charge in [-0.25, -0.2) is 9.97 Å². The second-order valence-electron chi connectivity index (χ2n) is 7.84. The molecule has 0 radical (unpaired) electrons. The van der Waals surface area contributed by atoms with E-state index in [2.05, 4.69) is 15.3 Å². The van der Waals surface area contributed by atoms with Crippen LogP contribution in [0.1, 0.15) is 63.8 Å². The number of anilines is 1. The number of carbonyl (C=O) groups is 2. The number of nitrogens with zero attached hydrogens (tertiary/aromatic N) is 3. The molecule has 3 rings (SSSR count). The Balaban J connectivity index is 1.84. The Morgan fingerprint density at radius 2 is 2.10 bits per heavy atom. The number of ether oxygens (including phenoxy) is 1. The van der Waals surface area contributed by atoms with Crippen LogP contribution in [0.5, 0.6) is 0 Å². The molecule has 0 unspecified atom stereocenters. The Morgan fingerprint density at radius 1 is 1.33 bits per heavy atom. The second-order valence-corrected chi connectivity index (χ2v) is 8.94. The first kappa shape index (κ1) is 22.7. The van der Waals surface area contributed by atoms with Gasteiger partial charge in [-0.1, -0.05) is 31.0 Å². The number of allylic oxidation sites excluding steroid dienone is 1. The molecule has 164 valence electrons. The van der Waals surface area contributed by atoms with Crippen LogP contribution < -0.4 is 5.32 Å². The van der Waals surface area contributed by atoms with Gasteiger partial charge in [0, 0.05) is 41.3 Å². The lowest BCUT2D eigenvalue weighted by Crippen LogP contribution is -2.32. The Labute approximate surface area is 183 Å². The number of carbonyl (C=O) groups excluding carboxylic acids is 2. The number of thioether (sulfide) groups is 1. The molecule has 1 aliphatic carbocycles. The van der Waals surface area contributed by atoms with Crippen LogP contribution in [0, 0.1) is 12.8 Å². The molecule has 1 amide bonds. The maximum absolute atomic E-state index is 13.0. The summed E-state index contributed by atoms with van der Waals surface area (Å²) >= 11 is 1.31. The summed E-state index contributed by atoms with van der Waals surface area (Å²) in [7, 11) is 0. The van der Waals surface area contributed by atoms with Crippen molar-refractivity contribution in [2.24, 2.45) is 5.92 Å². The van der Waals surface area contributed by atoms with E-state index in [1.807, 2.05) is 20.8 Å². The van der Waals surface area contributed by atoms with Gasteiger partial charge in [0.1, 0.15) is 11.6 Å². The van der Waals surface area contributed by atoms with Crippen molar-refractivity contribution in [1.29, 1.82) is 0 Å². The van der Waals surface area contributed by atoms with Gasteiger partial charge in [-0.2, -0.15) is 0 Å². The fraction of sp³-hybridized carbons (Fsp3) is 0.636. The van der Waals surface area contributed by atoms with E-state index in [1.54, 1.807) is 11.1 Å². The van der Waals surface area contributed by atoms with Crippen molar-refractivity contribution in [1.82, 2.24) is 14.9 Å². The topological polar surface area (TPSA) is 84.4 Å². The minimum atomic E-state index is -0.0391. The minimum absolute atomic E-state index is 0.0391. The van der Waals surface area contributed by atoms with Crippen LogP contribution in [0.15, 0.2) is 16.8 Å². The number of hydrogen-bond acceptors (Lipinski definition) is 7. The number of fused-ring (bicyclic) bond motifs is 1. The highest BCUT2D eigenvalue weighted by Crippen LogP contribution is 2.35. The molecule has 1 fully saturated rings. The maximum atomic E-state index is 13.0. The minimum Gasteiger partial charge on any atom is -0.381 e. The molecule has 0 atom stereocenters. The van der Waals surface area contributed by atoms with Gasteiger partial charge in [-0.15, -0.1) is 0 Å². The summed E-state index contributed by atoms with van der Waals surface area (Å²) in [5.41, 5.74) is 1.70. The van der Waals surface area contributed by atoms with Gasteiger partial charge >= 0.3 is 0 Å². The Kier molecular flexibility index (Phi) is 8.27. The zero-order valence-electron chi connectivity index (χ0n) is 18.2. The van der Waals surface area contributed by atoms with E-state index < -0.39 is 0 Å². The summed E-state index contributed by atoms with van der Waals surface area (Å²) in [6.07, 6.45) is 7.80. The van der Waals surface area contributed by atoms with Crippen molar-refractivity contribution in [3.05, 3.63) is 28.2 Å². The van der Waals surface area contributed by atoms with E-state index in [0.29, 0.717) is 37.8 Å². The van der Waals surface area contributed by atoms with E-state index in [0.717, 1.165) is 41.8 Å². The molecule has 2 heterocycles. The normalized spacial score (nSPS) is 18.4. The summed E-state index contributed by atoms with van der Waals surface area (Å²) in [6.45, 7) is 7.44. The van der Waals surface area contributed by atoms with Gasteiger partial charge in [0.25, 0.3) is 0 Å². The van der Waals surface area contributed by atoms with Crippen molar-refractivity contribution >= 4 is 28.6 Å². The molecule has 1 N–H and O–H groups in total. The number of aromatic nitrogens is 2. The van der Waals surface area contributed by atoms with Crippen LogP contribution >= 0.6 is 11.8 Å². The summed E-state index contributed by atoms with van der Waals surface area (Å²) in [5, 5.41) is 3.34. The van der Waals surface area contributed by atoms with E-state index >= 15 is 0 Å². The Hall–Kier alpha value is -1.93. The molecule has 0 spiro atoms. The highest BCUT2D eigenvalue weighted by molar-refractivity contribution is 8.17. The SMILES string of the molecule is CCOCC/C(SC(=O)C1CCCCC1)=C(\C)N1Cc2cnc(C)nc2NCC1=O. The fourth-order valence-electron chi connectivity index (χ4n) is 3.89. The van der Waals surface area contributed by atoms with Gasteiger partial charge < -0.3 is 15.0 Å². The number of aryl methyl sites for hydroxylation is 1. The van der Waals surface area contributed by atoms with E-state index in [9.17, 15) is 9.59 Å². The second kappa shape index (κ2) is 10.9. The number of amides is 1. The van der Waals surface area contributed by atoms with Crippen molar-refractivity contribution in [3.63, 3.8) is 0 Å². The van der Waals surface area contributed by atoms with Gasteiger partial charge in [-0.05, 0) is 33.6 Å². The first-order valence-electron chi connectivity index (χ1n) is 10.9. The molecule has 1 aliphatic heterocycles. The van der Waals surface area contributed by atoms with E-state index in [-0.39, 0.29) is 23.5 Å². The molecular formula is C22H32N4O3S. The van der Waals surface area contributed by atoms with Crippen LogP contribution in [0.4, 0.5) is 5.82 Å². The van der Waals surface area contributed by atoms with Crippen LogP contribution in [0.25, 0.3) is 0 Å². The molecular weight excluding hydrogens is 400 g/mol. The van der Waals surface area contributed by atoms with Gasteiger partial charge in [0.05, 0.1) is 19.7 Å². The summed E-state index contributed by atoms with van der Waals surface area (Å²) in [6, 6.07) is 0. The first-order chi connectivity index (χ1) is 14.5. The average Bonchev–Trinajstić information content (AvgIpc) is 2.92. The Bertz CT molecular complexity index is 806. The summed E-state index contributed by atoms with van der Waals surface area (Å²) in [4.78, 5) is 37.2. The van der Waals surface area contributed by atoms with Gasteiger partial charge in [0.15, 0.2) is 5.12 Å². The van der Waals surface area contributed by atoms with Crippen molar-refractivity contribution in [2.45, 2.75) is 65.8 Å². The predicted octanol–water partition coefficient (Wildman–Crippen LogP) is 4.04. The molecule has 1 saturated carbocycles. The van der Waals surface area contributed by atoms with E-state index in [4.69, 9.17) is 4.74 Å². The molecule has 0 bridgehead atoms. The number of hydrogen-bond donors (Lipinski definition) is 1. The highest BCUT2D eigenvalue weighted by atomic mass is 32.2. The van der Waals surface area contributed by atoms with Crippen LogP contribution in [-0.2, 0) is 20.9 Å². The van der Waals surface area contributed by atoms with Crippen molar-refractivity contribution in [3.8, 4) is 0 Å². The summed E-state index contributed by atoms with van der Waals surface area (Å²) < 4.78 is 5.55. The fourth-order valence-corrected chi connectivity index (χ4v) is 4.98. The van der Waals surface area contributed by atoms with Crippen molar-refractivity contribution < 1.29 is 14.3 Å². The summed E-state index contributed by atoms with van der Waals surface area (Å²) in [5.74, 6) is 1.45. The largest absolute Gasteiger partial charge is 0.381 e. The highest BCUT2D eigenvalue weighted by Gasteiger charge is 2.27. The molecule has 1 aromatic heterocycles. The molecule has 0 aromatic carbocycles. The van der Waals surface area contributed by atoms with Crippen LogP contribution in [0.2, 0.25) is 0 Å². The maximum Gasteiger partial charge on any atom is 0.246 e. The lowest BCUT2D eigenvalue weighted by atomic mass is 9.90. The molecule has 2 aliphatic rings. The molecule has 7 nitrogen and oxygen atoms in total. The monoisotopic (exact) mass is 432 g/mol. The number of nitrogens with one attached hydrogen (secondary N) is 1. The van der Waals surface area contributed by atoms with Gasteiger partial charge in [-0.3, -0.25) is 9.59 Å².